The summed E-state index contributed by atoms with van der Waals surface area (Å²) in [6, 6.07) is 10.6. The van der Waals surface area contributed by atoms with Gasteiger partial charge in [0, 0.05) is 33.2 Å². The molecule has 146 valence electrons. The van der Waals surface area contributed by atoms with Crippen molar-refractivity contribution in [1.82, 2.24) is 9.96 Å². The van der Waals surface area contributed by atoms with Crippen LogP contribution in [0.4, 0.5) is 0 Å². The predicted molar refractivity (Wildman–Crippen MR) is 103 cm³/mol. The Hall–Kier alpha value is -1.43. The van der Waals surface area contributed by atoms with Gasteiger partial charge in [-0.1, -0.05) is 44.2 Å². The van der Waals surface area contributed by atoms with Crippen LogP contribution in [0.3, 0.4) is 0 Å². The summed E-state index contributed by atoms with van der Waals surface area (Å²) in [4.78, 5) is 20.7. The molecule has 0 radical (unpaired) electrons. The first kappa shape index (κ1) is 20.9. The maximum Gasteiger partial charge on any atom is 0.243 e. The van der Waals surface area contributed by atoms with Crippen molar-refractivity contribution in [2.45, 2.75) is 65.1 Å². The lowest BCUT2D eigenvalue weighted by Gasteiger charge is -2.39. The number of carbonyl (C=O) groups excluding carboxylic acids is 1. The highest BCUT2D eigenvalue weighted by molar-refractivity contribution is 5.72. The van der Waals surface area contributed by atoms with Crippen molar-refractivity contribution in [3.8, 4) is 0 Å². The van der Waals surface area contributed by atoms with Gasteiger partial charge in [-0.05, 0) is 37.2 Å². The lowest BCUT2D eigenvalue weighted by atomic mass is 10.0. The first-order valence-corrected chi connectivity index (χ1v) is 9.85. The first-order valence-electron chi connectivity index (χ1n) is 9.85. The fourth-order valence-electron chi connectivity index (χ4n) is 3.52. The van der Waals surface area contributed by atoms with Gasteiger partial charge in [-0.2, -0.15) is 0 Å². The van der Waals surface area contributed by atoms with Crippen molar-refractivity contribution in [3.63, 3.8) is 0 Å². The van der Waals surface area contributed by atoms with Crippen LogP contribution >= 0.6 is 0 Å². The minimum atomic E-state index is -0.0339. The van der Waals surface area contributed by atoms with Crippen molar-refractivity contribution >= 4 is 5.91 Å². The monoisotopic (exact) mass is 362 g/mol. The van der Waals surface area contributed by atoms with Crippen molar-refractivity contribution in [2.24, 2.45) is 5.92 Å². The summed E-state index contributed by atoms with van der Waals surface area (Å²) < 4.78 is 0. The quantitative estimate of drug-likeness (QED) is 0.685. The SMILES string of the molecule is CC(=O)N(OC(CCCO)C(C)C)C1CCN(Cc2ccccc2)CC1. The van der Waals surface area contributed by atoms with Crippen LogP contribution in [0.2, 0.25) is 0 Å². The lowest BCUT2D eigenvalue weighted by Crippen LogP contribution is -2.48. The first-order chi connectivity index (χ1) is 12.5. The molecule has 1 N–H and O–H groups in total. The molecule has 0 bridgehead atoms. The van der Waals surface area contributed by atoms with Crippen LogP contribution < -0.4 is 0 Å². The maximum absolute atomic E-state index is 12.2. The number of rotatable bonds is 9. The molecule has 1 fully saturated rings. The number of amides is 1. The van der Waals surface area contributed by atoms with Gasteiger partial charge in [0.25, 0.3) is 0 Å². The minimum Gasteiger partial charge on any atom is -0.396 e. The molecule has 1 amide bonds. The van der Waals surface area contributed by atoms with Crippen molar-refractivity contribution < 1.29 is 14.7 Å². The van der Waals surface area contributed by atoms with Gasteiger partial charge in [0.05, 0.1) is 12.1 Å². The summed E-state index contributed by atoms with van der Waals surface area (Å²) in [5.74, 6) is 0.280. The summed E-state index contributed by atoms with van der Waals surface area (Å²) in [7, 11) is 0. The number of hydroxylamine groups is 2. The van der Waals surface area contributed by atoms with Gasteiger partial charge >= 0.3 is 0 Å². The van der Waals surface area contributed by atoms with E-state index in [0.717, 1.165) is 38.9 Å². The zero-order valence-electron chi connectivity index (χ0n) is 16.4. The molecule has 0 spiro atoms. The second kappa shape index (κ2) is 10.7. The number of aliphatic hydroxyl groups excluding tert-OH is 1. The van der Waals surface area contributed by atoms with E-state index >= 15 is 0 Å². The van der Waals surface area contributed by atoms with Gasteiger partial charge in [0.1, 0.15) is 0 Å². The van der Waals surface area contributed by atoms with Crippen molar-refractivity contribution in [2.75, 3.05) is 19.7 Å². The number of carbonyl (C=O) groups is 1. The molecule has 26 heavy (non-hydrogen) atoms. The van der Waals surface area contributed by atoms with Gasteiger partial charge in [-0.15, -0.1) is 0 Å². The average Bonchev–Trinajstić information content (AvgIpc) is 2.63. The Kier molecular flexibility index (Phi) is 8.55. The zero-order valence-corrected chi connectivity index (χ0v) is 16.4. The Bertz CT molecular complexity index is 527. The molecule has 1 atom stereocenters. The Morgan fingerprint density at radius 2 is 1.92 bits per heavy atom. The number of nitrogens with zero attached hydrogens (tertiary/aromatic N) is 2. The van der Waals surface area contributed by atoms with Crippen LogP contribution in [-0.4, -0.2) is 52.8 Å². The molecule has 1 saturated heterocycles. The number of hydrogen-bond donors (Lipinski definition) is 1. The molecule has 0 saturated carbocycles. The van der Waals surface area contributed by atoms with E-state index in [9.17, 15) is 4.79 Å². The highest BCUT2D eigenvalue weighted by Crippen LogP contribution is 2.23. The molecular formula is C21H34N2O3. The Balaban J connectivity index is 1.89. The van der Waals surface area contributed by atoms with Crippen molar-refractivity contribution in [1.29, 1.82) is 0 Å². The van der Waals surface area contributed by atoms with Crippen molar-refractivity contribution in [3.05, 3.63) is 35.9 Å². The summed E-state index contributed by atoms with van der Waals surface area (Å²) in [6.07, 6.45) is 3.29. The molecular weight excluding hydrogens is 328 g/mol. The van der Waals surface area contributed by atoms with Crippen LogP contribution in [0.1, 0.15) is 52.0 Å². The number of hydrogen-bond acceptors (Lipinski definition) is 4. The molecule has 0 aromatic heterocycles. The predicted octanol–water partition coefficient (Wildman–Crippen LogP) is 3.23. The standard InChI is InChI=1S/C21H34N2O3/c1-17(2)21(10-7-15-24)26-23(18(3)25)20-11-13-22(14-12-20)16-19-8-5-4-6-9-19/h4-6,8-9,17,20-21,24H,7,10-16H2,1-3H3. The highest BCUT2D eigenvalue weighted by Gasteiger charge is 2.30. The van der Waals surface area contributed by atoms with Crippen LogP contribution in [-0.2, 0) is 16.2 Å². The van der Waals surface area contributed by atoms with Gasteiger partial charge in [-0.25, -0.2) is 5.06 Å². The molecule has 1 aliphatic rings. The summed E-state index contributed by atoms with van der Waals surface area (Å²) in [5, 5.41) is 10.7. The molecule has 2 rings (SSSR count). The van der Waals surface area contributed by atoms with Crippen LogP contribution in [0.5, 0.6) is 0 Å². The molecule has 1 unspecified atom stereocenters. The van der Waals surface area contributed by atoms with E-state index < -0.39 is 0 Å². The Morgan fingerprint density at radius 3 is 2.46 bits per heavy atom. The topological polar surface area (TPSA) is 53.0 Å². The highest BCUT2D eigenvalue weighted by atomic mass is 16.7. The van der Waals surface area contributed by atoms with Crippen LogP contribution in [0, 0.1) is 5.92 Å². The summed E-state index contributed by atoms with van der Waals surface area (Å²) >= 11 is 0. The molecule has 1 aromatic rings. The molecule has 5 nitrogen and oxygen atoms in total. The fourth-order valence-corrected chi connectivity index (χ4v) is 3.52. The molecule has 1 aromatic carbocycles. The average molecular weight is 363 g/mol. The number of aliphatic hydroxyl groups is 1. The van der Waals surface area contributed by atoms with E-state index in [2.05, 4.69) is 43.0 Å². The van der Waals surface area contributed by atoms with E-state index in [1.807, 2.05) is 6.07 Å². The zero-order chi connectivity index (χ0) is 18.9. The van der Waals surface area contributed by atoms with Crippen LogP contribution in [0.15, 0.2) is 30.3 Å². The lowest BCUT2D eigenvalue weighted by molar-refractivity contribution is -0.233. The maximum atomic E-state index is 12.2. The third kappa shape index (κ3) is 6.38. The summed E-state index contributed by atoms with van der Waals surface area (Å²) in [5.41, 5.74) is 1.33. The van der Waals surface area contributed by atoms with E-state index in [1.54, 1.807) is 12.0 Å². The normalized spacial score (nSPS) is 17.4. The van der Waals surface area contributed by atoms with Crippen LogP contribution in [0.25, 0.3) is 0 Å². The number of benzene rings is 1. The number of piperidine rings is 1. The van der Waals surface area contributed by atoms with Gasteiger partial charge in [-0.3, -0.25) is 14.5 Å². The van der Waals surface area contributed by atoms with Gasteiger partial charge in [0.15, 0.2) is 0 Å². The fraction of sp³-hybridized carbons (Fsp3) is 0.667. The molecule has 5 heteroatoms. The largest absolute Gasteiger partial charge is 0.396 e. The Labute approximate surface area is 157 Å². The molecule has 1 heterocycles. The second-order valence-corrected chi connectivity index (χ2v) is 7.59. The third-order valence-corrected chi connectivity index (χ3v) is 5.09. The molecule has 0 aliphatic carbocycles. The summed E-state index contributed by atoms with van der Waals surface area (Å²) in [6.45, 7) is 8.83. The molecule has 1 aliphatic heterocycles. The third-order valence-electron chi connectivity index (χ3n) is 5.09. The number of likely N-dealkylation sites (tertiary alicyclic amines) is 1. The van der Waals surface area contributed by atoms with E-state index in [1.165, 1.54) is 5.56 Å². The minimum absolute atomic E-state index is 0.0267. The van der Waals surface area contributed by atoms with E-state index in [0.29, 0.717) is 12.3 Å². The van der Waals surface area contributed by atoms with Gasteiger partial charge in [0.2, 0.25) is 5.91 Å². The van der Waals surface area contributed by atoms with E-state index in [4.69, 9.17) is 9.94 Å². The smallest absolute Gasteiger partial charge is 0.243 e. The van der Waals surface area contributed by atoms with E-state index in [-0.39, 0.29) is 24.7 Å². The Morgan fingerprint density at radius 1 is 1.27 bits per heavy atom. The van der Waals surface area contributed by atoms with Gasteiger partial charge < -0.3 is 5.11 Å². The second-order valence-electron chi connectivity index (χ2n) is 7.59.